The van der Waals surface area contributed by atoms with Crippen LogP contribution in [0.2, 0.25) is 5.02 Å². The number of anilines is 2. The van der Waals surface area contributed by atoms with E-state index in [1.54, 1.807) is 6.20 Å². The molecule has 1 saturated heterocycles. The zero-order valence-electron chi connectivity index (χ0n) is 11.1. The van der Waals surface area contributed by atoms with Crippen LogP contribution in [0.15, 0.2) is 6.20 Å². The highest BCUT2D eigenvalue weighted by molar-refractivity contribution is 6.32. The number of hydrogen-bond acceptors (Lipinski definition) is 5. The van der Waals surface area contributed by atoms with Crippen molar-refractivity contribution in [2.45, 2.75) is 27.2 Å². The van der Waals surface area contributed by atoms with E-state index in [9.17, 15) is 0 Å². The first-order valence-electron chi connectivity index (χ1n) is 6.16. The van der Waals surface area contributed by atoms with Gasteiger partial charge in [-0.3, -0.25) is 5.43 Å². The van der Waals surface area contributed by atoms with E-state index in [1.807, 2.05) is 0 Å². The summed E-state index contributed by atoms with van der Waals surface area (Å²) < 4.78 is 0. The second-order valence-corrected chi connectivity index (χ2v) is 6.21. The van der Waals surface area contributed by atoms with Crippen LogP contribution in [0.3, 0.4) is 0 Å². The number of nitrogens with two attached hydrogens (primary N) is 1. The lowest BCUT2D eigenvalue weighted by atomic mass is 9.80. The lowest BCUT2D eigenvalue weighted by Crippen LogP contribution is -2.27. The van der Waals surface area contributed by atoms with E-state index in [0.29, 0.717) is 22.3 Å². The van der Waals surface area contributed by atoms with Gasteiger partial charge in [-0.1, -0.05) is 32.4 Å². The van der Waals surface area contributed by atoms with Crippen LogP contribution in [-0.4, -0.2) is 23.1 Å². The molecule has 1 aromatic rings. The number of rotatable bonds is 2. The molecule has 1 aliphatic rings. The largest absolute Gasteiger partial charge is 0.355 e. The Morgan fingerprint density at radius 2 is 2.22 bits per heavy atom. The van der Waals surface area contributed by atoms with Crippen LogP contribution in [0, 0.1) is 11.3 Å². The van der Waals surface area contributed by atoms with Gasteiger partial charge in [-0.15, -0.1) is 0 Å². The molecule has 1 aliphatic heterocycles. The van der Waals surface area contributed by atoms with Crippen LogP contribution >= 0.6 is 11.6 Å². The van der Waals surface area contributed by atoms with Crippen LogP contribution in [-0.2, 0) is 0 Å². The maximum atomic E-state index is 6.16. The van der Waals surface area contributed by atoms with E-state index in [1.165, 1.54) is 0 Å². The summed E-state index contributed by atoms with van der Waals surface area (Å²) in [6, 6.07) is 0. The first-order chi connectivity index (χ1) is 8.41. The van der Waals surface area contributed by atoms with Gasteiger partial charge in [0, 0.05) is 13.1 Å². The fourth-order valence-electron chi connectivity index (χ4n) is 2.31. The van der Waals surface area contributed by atoms with Gasteiger partial charge < -0.3 is 4.90 Å². The van der Waals surface area contributed by atoms with Crippen LogP contribution in [0.1, 0.15) is 27.2 Å². The van der Waals surface area contributed by atoms with Crippen LogP contribution < -0.4 is 16.2 Å². The molecule has 18 heavy (non-hydrogen) atoms. The summed E-state index contributed by atoms with van der Waals surface area (Å²) >= 11 is 6.16. The molecule has 2 heterocycles. The summed E-state index contributed by atoms with van der Waals surface area (Å²) in [7, 11) is 0. The van der Waals surface area contributed by atoms with Gasteiger partial charge in [0.2, 0.25) is 5.95 Å². The first kappa shape index (κ1) is 13.4. The molecule has 0 saturated carbocycles. The Hall–Kier alpha value is -1.07. The lowest BCUT2D eigenvalue weighted by Gasteiger charge is -2.27. The first-order valence-corrected chi connectivity index (χ1v) is 6.53. The Morgan fingerprint density at radius 3 is 2.78 bits per heavy atom. The van der Waals surface area contributed by atoms with Gasteiger partial charge in [0.1, 0.15) is 5.02 Å². The molecule has 1 atom stereocenters. The molecule has 1 fully saturated rings. The Kier molecular flexibility index (Phi) is 3.64. The molecule has 1 unspecified atom stereocenters. The van der Waals surface area contributed by atoms with Gasteiger partial charge in [0.15, 0.2) is 5.82 Å². The molecular weight excluding hydrogens is 250 g/mol. The third-order valence-corrected chi connectivity index (χ3v) is 3.83. The molecule has 0 spiro atoms. The van der Waals surface area contributed by atoms with Crippen molar-refractivity contribution in [2.75, 3.05) is 23.4 Å². The Labute approximate surface area is 113 Å². The molecule has 6 heteroatoms. The smallest absolute Gasteiger partial charge is 0.239 e. The number of nitrogen functional groups attached to an aromatic ring is 1. The molecule has 1 aromatic heterocycles. The third kappa shape index (κ3) is 2.67. The lowest BCUT2D eigenvalue weighted by molar-refractivity contribution is 0.263. The van der Waals surface area contributed by atoms with Gasteiger partial charge in [-0.2, -0.15) is 4.98 Å². The molecule has 0 bridgehead atoms. The minimum Gasteiger partial charge on any atom is -0.355 e. The maximum Gasteiger partial charge on any atom is 0.239 e. The van der Waals surface area contributed by atoms with Crippen molar-refractivity contribution in [1.29, 1.82) is 0 Å². The molecule has 0 radical (unpaired) electrons. The highest BCUT2D eigenvalue weighted by Crippen LogP contribution is 2.36. The zero-order valence-corrected chi connectivity index (χ0v) is 11.8. The van der Waals surface area contributed by atoms with Crippen molar-refractivity contribution in [2.24, 2.45) is 17.2 Å². The zero-order chi connectivity index (χ0) is 13.3. The van der Waals surface area contributed by atoms with E-state index >= 15 is 0 Å². The van der Waals surface area contributed by atoms with Crippen molar-refractivity contribution in [1.82, 2.24) is 9.97 Å². The number of nitrogens with zero attached hydrogens (tertiary/aromatic N) is 3. The fraction of sp³-hybridized carbons (Fsp3) is 0.667. The van der Waals surface area contributed by atoms with Crippen molar-refractivity contribution >= 4 is 23.4 Å². The maximum absolute atomic E-state index is 6.16. The molecule has 100 valence electrons. The molecule has 3 N–H and O–H groups in total. The van der Waals surface area contributed by atoms with Gasteiger partial charge in [0.05, 0.1) is 6.20 Å². The second kappa shape index (κ2) is 4.90. The quantitative estimate of drug-likeness (QED) is 0.637. The topological polar surface area (TPSA) is 67.1 Å². The Bertz CT molecular complexity index is 429. The third-order valence-electron chi connectivity index (χ3n) is 3.57. The van der Waals surface area contributed by atoms with Crippen molar-refractivity contribution in [3.63, 3.8) is 0 Å². The molecule has 0 amide bonds. The number of halogens is 1. The van der Waals surface area contributed by atoms with E-state index in [2.05, 4.69) is 41.1 Å². The monoisotopic (exact) mass is 269 g/mol. The van der Waals surface area contributed by atoms with Gasteiger partial charge in [-0.05, 0) is 17.8 Å². The molecule has 0 aliphatic carbocycles. The summed E-state index contributed by atoms with van der Waals surface area (Å²) in [4.78, 5) is 10.5. The fourth-order valence-corrected chi connectivity index (χ4v) is 2.52. The molecular formula is C12H20ClN5. The summed E-state index contributed by atoms with van der Waals surface area (Å²) in [5.41, 5.74) is 2.76. The Morgan fingerprint density at radius 1 is 1.50 bits per heavy atom. The van der Waals surface area contributed by atoms with Gasteiger partial charge >= 0.3 is 0 Å². The van der Waals surface area contributed by atoms with E-state index in [0.717, 1.165) is 25.3 Å². The predicted octanol–water partition coefficient (Wildman–Crippen LogP) is 2.29. The summed E-state index contributed by atoms with van der Waals surface area (Å²) in [6.07, 6.45) is 2.75. The van der Waals surface area contributed by atoms with E-state index < -0.39 is 0 Å². The average Bonchev–Trinajstić information content (AvgIpc) is 2.78. The second-order valence-electron chi connectivity index (χ2n) is 5.81. The number of hydrazine groups is 1. The summed E-state index contributed by atoms with van der Waals surface area (Å²) in [5.74, 6) is 7.14. The van der Waals surface area contributed by atoms with E-state index in [4.69, 9.17) is 17.4 Å². The van der Waals surface area contributed by atoms with Crippen molar-refractivity contribution in [3.05, 3.63) is 11.2 Å². The normalized spacial score (nSPS) is 20.3. The molecule has 2 rings (SSSR count). The van der Waals surface area contributed by atoms with E-state index in [-0.39, 0.29) is 0 Å². The molecule has 5 nitrogen and oxygen atoms in total. The highest BCUT2D eigenvalue weighted by atomic mass is 35.5. The minimum absolute atomic E-state index is 0.309. The Balaban J connectivity index is 2.19. The van der Waals surface area contributed by atoms with Gasteiger partial charge in [-0.25, -0.2) is 10.8 Å². The molecule has 0 aromatic carbocycles. The number of hydrogen-bond donors (Lipinski definition) is 2. The average molecular weight is 270 g/mol. The number of nitrogens with one attached hydrogen (secondary N) is 1. The standard InChI is InChI=1S/C12H20ClN5/c1-12(2,3)8-4-5-18(7-8)10-9(13)6-15-11(16-10)17-14/h6,8H,4-5,7,14H2,1-3H3,(H,15,16,17). The summed E-state index contributed by atoms with van der Waals surface area (Å²) in [6.45, 7) is 8.77. The number of aromatic nitrogens is 2. The van der Waals surface area contributed by atoms with Crippen LogP contribution in [0.4, 0.5) is 11.8 Å². The summed E-state index contributed by atoms with van der Waals surface area (Å²) in [5, 5.41) is 0.573. The van der Waals surface area contributed by atoms with Crippen LogP contribution in [0.5, 0.6) is 0 Å². The van der Waals surface area contributed by atoms with Crippen molar-refractivity contribution < 1.29 is 0 Å². The SMILES string of the molecule is CC(C)(C)C1CCN(c2nc(NN)ncc2Cl)C1. The van der Waals surface area contributed by atoms with Crippen LogP contribution in [0.25, 0.3) is 0 Å². The highest BCUT2D eigenvalue weighted by Gasteiger charge is 2.33. The minimum atomic E-state index is 0.309. The van der Waals surface area contributed by atoms with Gasteiger partial charge in [0.25, 0.3) is 0 Å². The van der Waals surface area contributed by atoms with Crippen molar-refractivity contribution in [3.8, 4) is 0 Å². The predicted molar refractivity (Wildman–Crippen MR) is 74.6 cm³/mol.